The van der Waals surface area contributed by atoms with Gasteiger partial charge < -0.3 is 10.2 Å². The maximum Gasteiger partial charge on any atom is 0.266 e. The first-order valence-electron chi connectivity index (χ1n) is 11.1. The number of nitrogens with zero attached hydrogens (tertiary/aromatic N) is 4. The molecule has 0 aliphatic carbocycles. The van der Waals surface area contributed by atoms with Crippen LogP contribution in [0, 0.1) is 12.7 Å². The number of fused-ring (bicyclic) bond motifs is 1. The Morgan fingerprint density at radius 3 is 2.56 bits per heavy atom. The van der Waals surface area contributed by atoms with Gasteiger partial charge in [-0.25, -0.2) is 27.5 Å². The van der Waals surface area contributed by atoms with E-state index in [0.29, 0.717) is 41.2 Å². The highest BCUT2D eigenvalue weighted by molar-refractivity contribution is 5.87. The zero-order valence-electron chi connectivity index (χ0n) is 19.4. The molecule has 3 heterocycles. The summed E-state index contributed by atoms with van der Waals surface area (Å²) in [6.07, 6.45) is -3.64. The molecule has 0 radical (unpaired) electrons. The van der Waals surface area contributed by atoms with Crippen molar-refractivity contribution in [2.45, 2.75) is 44.8 Å². The number of aromatic nitrogens is 3. The molecule has 1 aliphatic heterocycles. The number of nitrogens with one attached hydrogen (secondary N) is 1. The number of aryl methyl sites for hydroxylation is 2. The van der Waals surface area contributed by atoms with Gasteiger partial charge in [0.05, 0.1) is 17.0 Å². The molecule has 3 atom stereocenters. The normalized spacial score (nSPS) is 20.1. The molecule has 1 aliphatic rings. The average molecular weight is 478 g/mol. The molecule has 34 heavy (non-hydrogen) atoms. The van der Waals surface area contributed by atoms with E-state index in [9.17, 15) is 22.4 Å². The van der Waals surface area contributed by atoms with E-state index in [1.165, 1.54) is 16.7 Å². The number of rotatable bonds is 5. The number of pyridine rings is 1. The molecular weight excluding hydrogens is 450 g/mol. The minimum Gasteiger partial charge on any atom is -0.363 e. The van der Waals surface area contributed by atoms with Crippen molar-refractivity contribution >= 4 is 16.9 Å². The first-order valence-corrected chi connectivity index (χ1v) is 11.1. The van der Waals surface area contributed by atoms with Crippen LogP contribution in [0.1, 0.15) is 54.2 Å². The fourth-order valence-corrected chi connectivity index (χ4v) is 4.60. The second-order valence-electron chi connectivity index (χ2n) is 8.91. The standard InChI is InChI=1S/C24H27F4N5O/c1-12(14-6-5-7-16(20(14)26)21(27)28)29-22-18-10-17(15-8-9-32(3)11-19(15)25)24(34)33(4)23(18)31-13(2)30-22/h5-7,10,12,15,19,21H,8-9,11H2,1-4H3,(H,29,30,31). The number of piperidine rings is 1. The van der Waals surface area contributed by atoms with Gasteiger partial charge in [-0.1, -0.05) is 18.2 Å². The number of hydrogen-bond acceptors (Lipinski definition) is 5. The smallest absolute Gasteiger partial charge is 0.266 e. The van der Waals surface area contributed by atoms with E-state index in [1.54, 1.807) is 27.0 Å². The van der Waals surface area contributed by atoms with Crippen LogP contribution in [0.4, 0.5) is 23.4 Å². The lowest BCUT2D eigenvalue weighted by Gasteiger charge is -2.32. The Hall–Kier alpha value is -3.01. The van der Waals surface area contributed by atoms with Crippen molar-refractivity contribution in [3.8, 4) is 0 Å². The summed E-state index contributed by atoms with van der Waals surface area (Å²) in [6, 6.07) is 4.76. The van der Waals surface area contributed by atoms with E-state index in [-0.39, 0.29) is 17.7 Å². The molecule has 3 unspecified atom stereocenters. The highest BCUT2D eigenvalue weighted by atomic mass is 19.3. The number of hydrogen-bond donors (Lipinski definition) is 1. The monoisotopic (exact) mass is 477 g/mol. The molecule has 0 amide bonds. The van der Waals surface area contributed by atoms with Gasteiger partial charge in [0.1, 0.15) is 29.3 Å². The van der Waals surface area contributed by atoms with Crippen LogP contribution in [0.15, 0.2) is 29.1 Å². The number of anilines is 1. The van der Waals surface area contributed by atoms with Crippen LogP contribution in [-0.2, 0) is 7.05 Å². The lowest BCUT2D eigenvalue weighted by molar-refractivity contribution is 0.138. The lowest BCUT2D eigenvalue weighted by atomic mass is 9.88. The molecule has 3 aromatic rings. The predicted molar refractivity (Wildman–Crippen MR) is 123 cm³/mol. The van der Waals surface area contributed by atoms with Gasteiger partial charge in [-0.3, -0.25) is 9.36 Å². The molecular formula is C24H27F4N5O. The molecule has 10 heteroatoms. The van der Waals surface area contributed by atoms with Crippen LogP contribution in [-0.4, -0.2) is 45.7 Å². The van der Waals surface area contributed by atoms with Crippen molar-refractivity contribution in [1.29, 1.82) is 0 Å². The fraction of sp³-hybridized carbons (Fsp3) is 0.458. The second-order valence-corrected chi connectivity index (χ2v) is 8.91. The van der Waals surface area contributed by atoms with Crippen molar-refractivity contribution < 1.29 is 17.6 Å². The molecule has 1 saturated heterocycles. The first-order chi connectivity index (χ1) is 16.1. The minimum atomic E-state index is -2.94. The first kappa shape index (κ1) is 24.1. The summed E-state index contributed by atoms with van der Waals surface area (Å²) in [7, 11) is 3.41. The van der Waals surface area contributed by atoms with Crippen LogP contribution < -0.4 is 10.9 Å². The SMILES string of the molecule is Cc1nc(NC(C)c2cccc(C(F)F)c2F)c2cc(C3CCN(C)CC3F)c(=O)n(C)c2n1. The van der Waals surface area contributed by atoms with E-state index in [2.05, 4.69) is 15.3 Å². The lowest BCUT2D eigenvalue weighted by Crippen LogP contribution is -2.40. The van der Waals surface area contributed by atoms with Gasteiger partial charge in [0.15, 0.2) is 0 Å². The maximum absolute atomic E-state index is 14.9. The number of likely N-dealkylation sites (tertiary alicyclic amines) is 1. The molecule has 0 spiro atoms. The van der Waals surface area contributed by atoms with Gasteiger partial charge in [-0.05, 0) is 39.9 Å². The Balaban J connectivity index is 1.80. The van der Waals surface area contributed by atoms with E-state index in [1.807, 2.05) is 11.9 Å². The van der Waals surface area contributed by atoms with Crippen LogP contribution in [0.25, 0.3) is 11.0 Å². The Bertz CT molecular complexity index is 1280. The molecule has 182 valence electrons. The quantitative estimate of drug-likeness (QED) is 0.543. The number of halogens is 4. The summed E-state index contributed by atoms with van der Waals surface area (Å²) < 4.78 is 57.3. The van der Waals surface area contributed by atoms with E-state index in [4.69, 9.17) is 0 Å². The minimum absolute atomic E-state index is 0.0615. The van der Waals surface area contributed by atoms with Gasteiger partial charge in [0, 0.05) is 30.6 Å². The third kappa shape index (κ3) is 4.38. The summed E-state index contributed by atoms with van der Waals surface area (Å²) in [5.41, 5.74) is -0.245. The largest absolute Gasteiger partial charge is 0.363 e. The van der Waals surface area contributed by atoms with Crippen molar-refractivity contribution in [3.05, 3.63) is 63.0 Å². The third-order valence-corrected chi connectivity index (χ3v) is 6.46. The van der Waals surface area contributed by atoms with E-state index < -0.39 is 35.9 Å². The predicted octanol–water partition coefficient (Wildman–Crippen LogP) is 4.64. The van der Waals surface area contributed by atoms with Gasteiger partial charge in [0.25, 0.3) is 12.0 Å². The van der Waals surface area contributed by atoms with E-state index in [0.717, 1.165) is 6.07 Å². The third-order valence-electron chi connectivity index (χ3n) is 6.46. The van der Waals surface area contributed by atoms with Crippen molar-refractivity contribution in [3.63, 3.8) is 0 Å². The Labute approximate surface area is 194 Å². The fourth-order valence-electron chi connectivity index (χ4n) is 4.60. The molecule has 1 aromatic carbocycles. The molecule has 1 fully saturated rings. The molecule has 4 rings (SSSR count). The highest BCUT2D eigenvalue weighted by Crippen LogP contribution is 2.33. The molecule has 1 N–H and O–H groups in total. The van der Waals surface area contributed by atoms with Gasteiger partial charge in [-0.15, -0.1) is 0 Å². The van der Waals surface area contributed by atoms with Crippen LogP contribution in [0.2, 0.25) is 0 Å². The van der Waals surface area contributed by atoms with Crippen molar-refractivity contribution in [2.24, 2.45) is 7.05 Å². The summed E-state index contributed by atoms with van der Waals surface area (Å²) in [5, 5.41) is 3.57. The van der Waals surface area contributed by atoms with Gasteiger partial charge >= 0.3 is 0 Å². The van der Waals surface area contributed by atoms with Crippen LogP contribution in [0.3, 0.4) is 0 Å². The van der Waals surface area contributed by atoms with Gasteiger partial charge in [0.2, 0.25) is 0 Å². The van der Waals surface area contributed by atoms with Crippen LogP contribution >= 0.6 is 0 Å². The summed E-state index contributed by atoms with van der Waals surface area (Å²) in [5.74, 6) is -0.857. The second kappa shape index (κ2) is 9.32. The maximum atomic E-state index is 14.9. The molecule has 6 nitrogen and oxygen atoms in total. The Morgan fingerprint density at radius 1 is 1.18 bits per heavy atom. The number of alkyl halides is 3. The average Bonchev–Trinajstić information content (AvgIpc) is 2.77. The molecule has 2 aromatic heterocycles. The topological polar surface area (TPSA) is 63.1 Å². The summed E-state index contributed by atoms with van der Waals surface area (Å²) >= 11 is 0. The van der Waals surface area contributed by atoms with Crippen LogP contribution in [0.5, 0.6) is 0 Å². The van der Waals surface area contributed by atoms with Gasteiger partial charge in [-0.2, -0.15) is 0 Å². The van der Waals surface area contributed by atoms with E-state index >= 15 is 0 Å². The summed E-state index contributed by atoms with van der Waals surface area (Å²) in [6.45, 7) is 4.19. The Kier molecular flexibility index (Phi) is 6.62. The highest BCUT2D eigenvalue weighted by Gasteiger charge is 2.32. The van der Waals surface area contributed by atoms with Crippen molar-refractivity contribution in [2.75, 3.05) is 25.5 Å². The zero-order chi connectivity index (χ0) is 24.7. The Morgan fingerprint density at radius 2 is 1.88 bits per heavy atom. The number of benzene rings is 1. The molecule has 0 saturated carbocycles. The zero-order valence-corrected chi connectivity index (χ0v) is 19.4. The molecule has 0 bridgehead atoms. The summed E-state index contributed by atoms with van der Waals surface area (Å²) in [4.78, 5) is 23.8. The van der Waals surface area contributed by atoms with Crippen molar-refractivity contribution in [1.82, 2.24) is 19.4 Å².